The third kappa shape index (κ3) is 9.28. The number of unbranched alkanes of at least 4 members (excludes halogenated alkanes) is 3. The van der Waals surface area contributed by atoms with Gasteiger partial charge >= 0.3 is 12.1 Å². The summed E-state index contributed by atoms with van der Waals surface area (Å²) >= 11 is 0. The van der Waals surface area contributed by atoms with Gasteiger partial charge in [0, 0.05) is 25.9 Å². The summed E-state index contributed by atoms with van der Waals surface area (Å²) in [5, 5.41) is 3.09. The van der Waals surface area contributed by atoms with E-state index in [0.717, 1.165) is 43.4 Å². The first-order valence-electron chi connectivity index (χ1n) is 10.9. The summed E-state index contributed by atoms with van der Waals surface area (Å²) in [5.41, 5.74) is 2.32. The molecule has 8 heteroatoms. The molecular formula is C21H40N4O4. The number of carbonyl (C=O) groups is 4. The number of nitrogens with one attached hydrogen (secondary N) is 2. The Morgan fingerprint density at radius 1 is 0.793 bits per heavy atom. The standard InChI is InChI=1S/C21H40N4O4/c1-7-10-12-14-16(4)18(26)24(6)21(29)23-25(20(28)22-5)19(27)17(13-9-3)15-11-8-2/h16-17H,7-15H2,1-6H3,(H,22,28)(H,23,29). The molecule has 0 saturated heterocycles. The highest BCUT2D eigenvalue weighted by atomic mass is 16.2. The van der Waals surface area contributed by atoms with Gasteiger partial charge in [0.05, 0.1) is 0 Å². The predicted octanol–water partition coefficient (Wildman–Crippen LogP) is 4.06. The van der Waals surface area contributed by atoms with Crippen LogP contribution < -0.4 is 10.7 Å². The summed E-state index contributed by atoms with van der Waals surface area (Å²) in [6, 6.07) is -1.52. The molecule has 0 rings (SSSR count). The molecule has 0 aromatic rings. The summed E-state index contributed by atoms with van der Waals surface area (Å²) in [6.07, 6.45) is 7.56. The van der Waals surface area contributed by atoms with Crippen LogP contribution in [0, 0.1) is 11.8 Å². The van der Waals surface area contributed by atoms with Crippen LogP contribution in [0.15, 0.2) is 0 Å². The van der Waals surface area contributed by atoms with Gasteiger partial charge in [-0.1, -0.05) is 66.2 Å². The molecule has 0 heterocycles. The van der Waals surface area contributed by atoms with E-state index in [2.05, 4.69) is 17.7 Å². The van der Waals surface area contributed by atoms with Gasteiger partial charge in [-0.25, -0.2) is 15.0 Å². The van der Waals surface area contributed by atoms with Gasteiger partial charge in [-0.2, -0.15) is 5.01 Å². The lowest BCUT2D eigenvalue weighted by molar-refractivity contribution is -0.136. The summed E-state index contributed by atoms with van der Waals surface area (Å²) in [4.78, 5) is 51.2. The highest BCUT2D eigenvalue weighted by Crippen LogP contribution is 2.18. The number of amides is 6. The number of hydrogen-bond acceptors (Lipinski definition) is 4. The number of imide groups is 2. The summed E-state index contributed by atoms with van der Waals surface area (Å²) in [6.45, 7) is 7.88. The van der Waals surface area contributed by atoms with E-state index in [4.69, 9.17) is 0 Å². The van der Waals surface area contributed by atoms with Crippen molar-refractivity contribution in [2.45, 2.75) is 85.5 Å². The predicted molar refractivity (Wildman–Crippen MR) is 114 cm³/mol. The molecule has 0 aromatic carbocycles. The van der Waals surface area contributed by atoms with Gasteiger partial charge in [-0.3, -0.25) is 14.5 Å². The van der Waals surface area contributed by atoms with Crippen molar-refractivity contribution in [1.29, 1.82) is 0 Å². The Bertz CT molecular complexity index is 539. The number of nitrogens with zero attached hydrogens (tertiary/aromatic N) is 2. The zero-order chi connectivity index (χ0) is 22.4. The summed E-state index contributed by atoms with van der Waals surface area (Å²) in [5.74, 6) is -1.45. The fraction of sp³-hybridized carbons (Fsp3) is 0.810. The lowest BCUT2D eigenvalue weighted by atomic mass is 9.96. The van der Waals surface area contributed by atoms with Crippen molar-refractivity contribution in [3.05, 3.63) is 0 Å². The quantitative estimate of drug-likeness (QED) is 0.395. The fourth-order valence-corrected chi connectivity index (χ4v) is 3.12. The number of carbonyl (C=O) groups excluding carboxylic acids is 4. The summed E-state index contributed by atoms with van der Waals surface area (Å²) in [7, 11) is 2.75. The van der Waals surface area contributed by atoms with E-state index in [1.165, 1.54) is 14.1 Å². The van der Waals surface area contributed by atoms with E-state index >= 15 is 0 Å². The van der Waals surface area contributed by atoms with Gasteiger partial charge in [0.1, 0.15) is 0 Å². The first kappa shape index (κ1) is 26.9. The van der Waals surface area contributed by atoms with Crippen molar-refractivity contribution in [3.63, 3.8) is 0 Å². The second-order valence-electron chi connectivity index (χ2n) is 7.57. The molecule has 0 bridgehead atoms. The van der Waals surface area contributed by atoms with Crippen LogP contribution in [-0.2, 0) is 9.59 Å². The lowest BCUT2D eigenvalue weighted by Gasteiger charge is -2.28. The molecule has 8 nitrogen and oxygen atoms in total. The molecule has 0 aliphatic carbocycles. The second kappa shape index (κ2) is 14.8. The molecule has 29 heavy (non-hydrogen) atoms. The van der Waals surface area contributed by atoms with Crippen LogP contribution in [0.2, 0.25) is 0 Å². The molecule has 2 unspecified atom stereocenters. The molecular weight excluding hydrogens is 372 g/mol. The highest BCUT2D eigenvalue weighted by molar-refractivity contribution is 6.00. The van der Waals surface area contributed by atoms with Crippen LogP contribution in [0.1, 0.15) is 85.5 Å². The average Bonchev–Trinajstić information content (AvgIpc) is 2.72. The maximum atomic E-state index is 12.9. The van der Waals surface area contributed by atoms with E-state index in [0.29, 0.717) is 24.3 Å². The Labute approximate surface area is 175 Å². The number of hydrogen-bond donors (Lipinski definition) is 2. The molecule has 6 amide bonds. The van der Waals surface area contributed by atoms with Gasteiger partial charge in [-0.15, -0.1) is 0 Å². The Balaban J connectivity index is 5.20. The Morgan fingerprint density at radius 2 is 1.41 bits per heavy atom. The number of hydrazine groups is 1. The zero-order valence-corrected chi connectivity index (χ0v) is 19.0. The van der Waals surface area contributed by atoms with Gasteiger partial charge in [-0.05, 0) is 19.3 Å². The minimum absolute atomic E-state index is 0.307. The molecule has 0 radical (unpaired) electrons. The average molecular weight is 413 g/mol. The fourth-order valence-electron chi connectivity index (χ4n) is 3.12. The Morgan fingerprint density at radius 3 is 1.93 bits per heavy atom. The molecule has 2 N–H and O–H groups in total. The minimum atomic E-state index is -0.792. The van der Waals surface area contributed by atoms with Crippen molar-refractivity contribution in [2.24, 2.45) is 11.8 Å². The van der Waals surface area contributed by atoms with Crippen molar-refractivity contribution in [3.8, 4) is 0 Å². The van der Waals surface area contributed by atoms with Crippen LogP contribution in [0.3, 0.4) is 0 Å². The van der Waals surface area contributed by atoms with Crippen LogP contribution in [-0.4, -0.2) is 47.9 Å². The van der Waals surface area contributed by atoms with Gasteiger partial charge in [0.25, 0.3) is 5.91 Å². The maximum absolute atomic E-state index is 12.9. The molecule has 168 valence electrons. The van der Waals surface area contributed by atoms with Crippen LogP contribution in [0.4, 0.5) is 9.59 Å². The Hall–Kier alpha value is -2.12. The smallest absolute Gasteiger partial charge is 0.339 e. The molecule has 0 saturated carbocycles. The molecule has 2 atom stereocenters. The normalized spacial score (nSPS) is 12.6. The first-order chi connectivity index (χ1) is 13.7. The SMILES string of the molecule is CCCCCC(C)C(=O)N(C)C(=O)NN(C(=O)NC)C(=O)C(CCC)CCCC. The van der Waals surface area contributed by atoms with Crippen molar-refractivity contribution in [2.75, 3.05) is 14.1 Å². The van der Waals surface area contributed by atoms with Crippen molar-refractivity contribution >= 4 is 23.9 Å². The molecule has 0 fully saturated rings. The topological polar surface area (TPSA) is 98.8 Å². The van der Waals surface area contributed by atoms with E-state index < -0.39 is 18.0 Å². The van der Waals surface area contributed by atoms with Gasteiger partial charge < -0.3 is 5.32 Å². The van der Waals surface area contributed by atoms with E-state index in [9.17, 15) is 19.2 Å². The third-order valence-corrected chi connectivity index (χ3v) is 5.03. The number of urea groups is 2. The Kier molecular flexibility index (Phi) is 13.7. The first-order valence-corrected chi connectivity index (χ1v) is 10.9. The monoisotopic (exact) mass is 412 g/mol. The van der Waals surface area contributed by atoms with Crippen molar-refractivity contribution in [1.82, 2.24) is 20.7 Å². The van der Waals surface area contributed by atoms with Gasteiger partial charge in [0.2, 0.25) is 5.91 Å². The second-order valence-corrected chi connectivity index (χ2v) is 7.57. The lowest BCUT2D eigenvalue weighted by Crippen LogP contribution is -2.58. The van der Waals surface area contributed by atoms with Crippen LogP contribution in [0.5, 0.6) is 0 Å². The minimum Gasteiger partial charge on any atom is -0.339 e. The molecule has 0 aliphatic rings. The number of rotatable bonds is 11. The van der Waals surface area contributed by atoms with Crippen molar-refractivity contribution < 1.29 is 19.2 Å². The highest BCUT2D eigenvalue weighted by Gasteiger charge is 2.31. The molecule has 0 spiro atoms. The van der Waals surface area contributed by atoms with E-state index in [1.54, 1.807) is 6.92 Å². The maximum Gasteiger partial charge on any atom is 0.343 e. The van der Waals surface area contributed by atoms with E-state index in [-0.39, 0.29) is 17.7 Å². The summed E-state index contributed by atoms with van der Waals surface area (Å²) < 4.78 is 0. The molecule has 0 aliphatic heterocycles. The van der Waals surface area contributed by atoms with E-state index in [1.807, 2.05) is 13.8 Å². The van der Waals surface area contributed by atoms with Gasteiger partial charge in [0.15, 0.2) is 0 Å². The van der Waals surface area contributed by atoms with Crippen LogP contribution >= 0.6 is 0 Å². The third-order valence-electron chi connectivity index (χ3n) is 5.03. The molecule has 0 aromatic heterocycles. The zero-order valence-electron chi connectivity index (χ0n) is 19.0. The van der Waals surface area contributed by atoms with Crippen LogP contribution in [0.25, 0.3) is 0 Å². The largest absolute Gasteiger partial charge is 0.343 e.